The van der Waals surface area contributed by atoms with Gasteiger partial charge in [-0.3, -0.25) is 4.79 Å². The van der Waals surface area contributed by atoms with Crippen LogP contribution in [0.25, 0.3) is 16.7 Å². The van der Waals surface area contributed by atoms with E-state index in [9.17, 15) is 4.79 Å². The first-order valence-electron chi connectivity index (χ1n) is 9.91. The molecule has 2 aromatic carbocycles. The van der Waals surface area contributed by atoms with Crippen molar-refractivity contribution >= 4 is 34.2 Å². The lowest BCUT2D eigenvalue weighted by Gasteiger charge is -2.11. The summed E-state index contributed by atoms with van der Waals surface area (Å²) in [6, 6.07) is 15.5. The summed E-state index contributed by atoms with van der Waals surface area (Å²) in [5.74, 6) is -0.208. The minimum atomic E-state index is -0.208. The number of hydrogen-bond acceptors (Lipinski definition) is 3. The van der Waals surface area contributed by atoms with Crippen molar-refractivity contribution in [3.8, 4) is 5.69 Å². The lowest BCUT2D eigenvalue weighted by molar-refractivity contribution is 0.102. The smallest absolute Gasteiger partial charge is 0.256 e. The summed E-state index contributed by atoms with van der Waals surface area (Å²) in [5.41, 5.74) is 6.42. The molecular formula is C24H23ClN4O. The van der Waals surface area contributed by atoms with Crippen molar-refractivity contribution in [1.82, 2.24) is 14.8 Å². The Morgan fingerprint density at radius 1 is 1.10 bits per heavy atom. The van der Waals surface area contributed by atoms with Crippen molar-refractivity contribution < 1.29 is 4.79 Å². The predicted molar refractivity (Wildman–Crippen MR) is 122 cm³/mol. The summed E-state index contributed by atoms with van der Waals surface area (Å²) in [4.78, 5) is 17.9. The number of aryl methyl sites for hydroxylation is 3. The zero-order valence-corrected chi connectivity index (χ0v) is 18.2. The largest absolute Gasteiger partial charge is 0.322 e. The van der Waals surface area contributed by atoms with Crippen molar-refractivity contribution in [3.05, 3.63) is 81.6 Å². The van der Waals surface area contributed by atoms with E-state index in [0.717, 1.165) is 34.4 Å². The number of carbonyl (C=O) groups excluding carboxylic acids is 1. The topological polar surface area (TPSA) is 59.8 Å². The zero-order valence-electron chi connectivity index (χ0n) is 17.5. The number of anilines is 1. The van der Waals surface area contributed by atoms with Crippen molar-refractivity contribution in [2.45, 2.75) is 34.1 Å². The number of carbonyl (C=O) groups is 1. The second kappa shape index (κ2) is 7.92. The fourth-order valence-electron chi connectivity index (χ4n) is 3.58. The second-order valence-corrected chi connectivity index (χ2v) is 7.80. The van der Waals surface area contributed by atoms with Gasteiger partial charge in [0.25, 0.3) is 5.91 Å². The molecule has 0 bridgehead atoms. The minimum absolute atomic E-state index is 0.208. The predicted octanol–water partition coefficient (Wildman–Crippen LogP) is 5.81. The Hall–Kier alpha value is -3.18. The molecule has 2 aromatic heterocycles. The van der Waals surface area contributed by atoms with Crippen molar-refractivity contribution in [2.24, 2.45) is 0 Å². The van der Waals surface area contributed by atoms with Crippen LogP contribution in [0.15, 0.2) is 48.5 Å². The molecule has 1 N–H and O–H groups in total. The average Bonchev–Trinajstić information content (AvgIpc) is 3.07. The van der Waals surface area contributed by atoms with E-state index >= 15 is 0 Å². The SMILES string of the molecule is CCc1ccc(-n2nc(C)c3c(C(=O)Nc4cccc(Cl)c4C)cc(C)nc32)cc1. The molecule has 4 rings (SSSR count). The molecule has 2 heterocycles. The highest BCUT2D eigenvalue weighted by molar-refractivity contribution is 6.31. The maximum Gasteiger partial charge on any atom is 0.256 e. The average molecular weight is 419 g/mol. The number of aromatic nitrogens is 3. The van der Waals surface area contributed by atoms with Crippen LogP contribution in [0, 0.1) is 20.8 Å². The fraction of sp³-hybridized carbons (Fsp3) is 0.208. The van der Waals surface area contributed by atoms with E-state index in [2.05, 4.69) is 24.4 Å². The van der Waals surface area contributed by atoms with E-state index in [-0.39, 0.29) is 5.91 Å². The third kappa shape index (κ3) is 3.57. The molecule has 0 spiro atoms. The molecule has 0 unspecified atom stereocenters. The first-order valence-corrected chi connectivity index (χ1v) is 10.3. The first kappa shape index (κ1) is 20.1. The van der Waals surface area contributed by atoms with Gasteiger partial charge >= 0.3 is 0 Å². The number of halogens is 1. The van der Waals surface area contributed by atoms with Gasteiger partial charge < -0.3 is 5.32 Å². The van der Waals surface area contributed by atoms with E-state index < -0.39 is 0 Å². The van der Waals surface area contributed by atoms with Crippen molar-refractivity contribution in [3.63, 3.8) is 0 Å². The van der Waals surface area contributed by atoms with Crippen LogP contribution < -0.4 is 5.32 Å². The summed E-state index contributed by atoms with van der Waals surface area (Å²) in [5, 5.41) is 9.04. The van der Waals surface area contributed by atoms with Gasteiger partial charge in [-0.25, -0.2) is 9.67 Å². The second-order valence-electron chi connectivity index (χ2n) is 7.39. The van der Waals surface area contributed by atoms with E-state index in [4.69, 9.17) is 21.7 Å². The molecule has 4 aromatic rings. The Labute approximate surface area is 180 Å². The summed E-state index contributed by atoms with van der Waals surface area (Å²) in [6.45, 7) is 7.79. The Bertz CT molecular complexity index is 1260. The highest BCUT2D eigenvalue weighted by Gasteiger charge is 2.20. The molecule has 0 aliphatic rings. The molecular weight excluding hydrogens is 396 g/mol. The van der Waals surface area contributed by atoms with Crippen LogP contribution >= 0.6 is 11.6 Å². The third-order valence-electron chi connectivity index (χ3n) is 5.29. The van der Waals surface area contributed by atoms with Crippen LogP contribution in [0.4, 0.5) is 5.69 Å². The van der Waals surface area contributed by atoms with Gasteiger partial charge in [0.1, 0.15) is 0 Å². The third-order valence-corrected chi connectivity index (χ3v) is 5.70. The molecule has 152 valence electrons. The number of benzene rings is 2. The quantitative estimate of drug-likeness (QED) is 0.454. The Balaban J connectivity index is 1.82. The standard InChI is InChI=1S/C24H23ClN4O/c1-5-17-9-11-18(12-10-17)29-23-22(16(4)28-29)19(13-14(2)26-23)24(30)27-21-8-6-7-20(25)15(21)3/h6-13H,5H2,1-4H3,(H,27,30). The van der Waals surface area contributed by atoms with Gasteiger partial charge in [0.2, 0.25) is 0 Å². The van der Waals surface area contributed by atoms with Gasteiger partial charge in [-0.15, -0.1) is 0 Å². The first-order chi connectivity index (χ1) is 14.4. The summed E-state index contributed by atoms with van der Waals surface area (Å²) < 4.78 is 1.80. The molecule has 0 saturated heterocycles. The van der Waals surface area contributed by atoms with Gasteiger partial charge in [-0.2, -0.15) is 5.10 Å². The van der Waals surface area contributed by atoms with Crippen LogP contribution in [0.2, 0.25) is 5.02 Å². The number of hydrogen-bond donors (Lipinski definition) is 1. The van der Waals surface area contributed by atoms with Crippen LogP contribution in [-0.2, 0) is 6.42 Å². The molecule has 0 radical (unpaired) electrons. The van der Waals surface area contributed by atoms with Crippen LogP contribution in [0.3, 0.4) is 0 Å². The molecule has 0 saturated carbocycles. The van der Waals surface area contributed by atoms with Gasteiger partial charge in [-0.1, -0.05) is 36.7 Å². The highest BCUT2D eigenvalue weighted by Crippen LogP contribution is 2.28. The lowest BCUT2D eigenvalue weighted by Crippen LogP contribution is -2.14. The van der Waals surface area contributed by atoms with Crippen molar-refractivity contribution in [1.29, 1.82) is 0 Å². The molecule has 0 fully saturated rings. The number of nitrogens with zero attached hydrogens (tertiary/aromatic N) is 3. The summed E-state index contributed by atoms with van der Waals surface area (Å²) in [7, 11) is 0. The number of rotatable bonds is 4. The van der Waals surface area contributed by atoms with E-state index in [1.54, 1.807) is 16.8 Å². The minimum Gasteiger partial charge on any atom is -0.322 e. The number of pyridine rings is 1. The van der Waals surface area contributed by atoms with Gasteiger partial charge in [0.05, 0.1) is 22.3 Å². The van der Waals surface area contributed by atoms with Crippen LogP contribution in [-0.4, -0.2) is 20.7 Å². The summed E-state index contributed by atoms with van der Waals surface area (Å²) in [6.07, 6.45) is 0.976. The van der Waals surface area contributed by atoms with Crippen LogP contribution in [0.5, 0.6) is 0 Å². The molecule has 6 heteroatoms. The zero-order chi connectivity index (χ0) is 21.4. The number of fused-ring (bicyclic) bond motifs is 1. The van der Waals surface area contributed by atoms with Crippen LogP contribution in [0.1, 0.15) is 39.8 Å². The van der Waals surface area contributed by atoms with Gasteiger partial charge in [0, 0.05) is 16.4 Å². The van der Waals surface area contributed by atoms with E-state index in [1.165, 1.54) is 5.56 Å². The maximum atomic E-state index is 13.2. The Morgan fingerprint density at radius 2 is 1.83 bits per heavy atom. The Morgan fingerprint density at radius 3 is 2.53 bits per heavy atom. The molecule has 0 atom stereocenters. The monoisotopic (exact) mass is 418 g/mol. The molecule has 5 nitrogen and oxygen atoms in total. The fourth-order valence-corrected chi connectivity index (χ4v) is 3.75. The molecule has 0 aliphatic carbocycles. The maximum absolute atomic E-state index is 13.2. The molecule has 1 amide bonds. The van der Waals surface area contributed by atoms with Gasteiger partial charge in [0.15, 0.2) is 5.65 Å². The number of nitrogens with one attached hydrogen (secondary N) is 1. The molecule has 30 heavy (non-hydrogen) atoms. The lowest BCUT2D eigenvalue weighted by atomic mass is 10.1. The highest BCUT2D eigenvalue weighted by atomic mass is 35.5. The van der Waals surface area contributed by atoms with Gasteiger partial charge in [-0.05, 0) is 68.7 Å². The Kier molecular flexibility index (Phi) is 5.31. The summed E-state index contributed by atoms with van der Waals surface area (Å²) >= 11 is 6.21. The van der Waals surface area contributed by atoms with E-state index in [1.807, 2.05) is 45.0 Å². The number of amides is 1. The van der Waals surface area contributed by atoms with E-state index in [0.29, 0.717) is 21.9 Å². The molecule has 0 aliphatic heterocycles. The van der Waals surface area contributed by atoms with Crippen molar-refractivity contribution in [2.75, 3.05) is 5.32 Å². The normalized spacial score (nSPS) is 11.1.